The molecule has 0 spiro atoms. The average Bonchev–Trinajstić information content (AvgIpc) is 2.50. The van der Waals surface area contributed by atoms with Crippen LogP contribution in [0.5, 0.6) is 0 Å². The van der Waals surface area contributed by atoms with E-state index in [1.54, 1.807) is 0 Å². The van der Waals surface area contributed by atoms with E-state index in [1.165, 1.54) is 89.9 Å². The molecule has 1 aliphatic heterocycles. The second-order valence-corrected chi connectivity index (χ2v) is 6.98. The maximum Gasteiger partial charge on any atom is 0.314 e. The van der Waals surface area contributed by atoms with Crippen molar-refractivity contribution in [1.82, 2.24) is 4.90 Å². The summed E-state index contributed by atoms with van der Waals surface area (Å²) < 4.78 is 0. The summed E-state index contributed by atoms with van der Waals surface area (Å²) in [5.74, 6) is 0. The van der Waals surface area contributed by atoms with Crippen molar-refractivity contribution in [2.75, 3.05) is 13.1 Å². The smallest absolute Gasteiger partial charge is 0.314 e. The van der Waals surface area contributed by atoms with Gasteiger partial charge in [-0.1, -0.05) is 89.9 Å². The number of primary amides is 1. The molecule has 130 valence electrons. The van der Waals surface area contributed by atoms with Crippen molar-refractivity contribution in [3.05, 3.63) is 0 Å². The van der Waals surface area contributed by atoms with Gasteiger partial charge >= 0.3 is 6.03 Å². The van der Waals surface area contributed by atoms with Crippen LogP contribution in [-0.2, 0) is 0 Å². The first kappa shape index (κ1) is 19.3. The molecule has 1 heterocycles. The summed E-state index contributed by atoms with van der Waals surface area (Å²) in [6, 6.07) is -0.231. The minimum Gasteiger partial charge on any atom is -0.351 e. The number of hydrogen-bond donors (Lipinski definition) is 1. The Morgan fingerprint density at radius 1 is 0.500 bits per heavy atom. The third kappa shape index (κ3) is 10.9. The molecule has 1 saturated heterocycles. The van der Waals surface area contributed by atoms with Gasteiger partial charge in [0.05, 0.1) is 0 Å². The Morgan fingerprint density at radius 3 is 0.955 bits per heavy atom. The predicted molar refractivity (Wildman–Crippen MR) is 95.0 cm³/mol. The molecule has 3 nitrogen and oxygen atoms in total. The van der Waals surface area contributed by atoms with Gasteiger partial charge < -0.3 is 10.6 Å². The SMILES string of the molecule is NC(=O)N1CCCCCCCCCCCCCCCCCC1. The number of urea groups is 1. The molecule has 0 aromatic rings. The molecule has 0 aromatic carbocycles. The highest BCUT2D eigenvalue weighted by molar-refractivity contribution is 5.71. The molecule has 0 aliphatic carbocycles. The number of hydrogen-bond acceptors (Lipinski definition) is 1. The van der Waals surface area contributed by atoms with Crippen LogP contribution in [0, 0.1) is 0 Å². The Bertz CT molecular complexity index is 248. The molecule has 0 aromatic heterocycles. The normalized spacial score (nSPS) is 22.3. The maximum absolute atomic E-state index is 11.5. The van der Waals surface area contributed by atoms with Crippen molar-refractivity contribution >= 4 is 6.03 Å². The molecule has 0 radical (unpaired) electrons. The van der Waals surface area contributed by atoms with E-state index in [1.807, 2.05) is 4.90 Å². The zero-order chi connectivity index (χ0) is 15.9. The second kappa shape index (κ2) is 13.9. The van der Waals surface area contributed by atoms with Gasteiger partial charge in [-0.15, -0.1) is 0 Å². The van der Waals surface area contributed by atoms with Gasteiger partial charge in [-0.05, 0) is 12.8 Å². The van der Waals surface area contributed by atoms with Crippen LogP contribution < -0.4 is 5.73 Å². The molecule has 1 fully saturated rings. The quantitative estimate of drug-likeness (QED) is 0.620. The zero-order valence-electron chi connectivity index (χ0n) is 14.7. The van der Waals surface area contributed by atoms with Crippen molar-refractivity contribution < 1.29 is 4.79 Å². The highest BCUT2D eigenvalue weighted by atomic mass is 16.2. The molecule has 2 amide bonds. The zero-order valence-corrected chi connectivity index (χ0v) is 14.7. The Hall–Kier alpha value is -0.730. The monoisotopic (exact) mass is 310 g/mol. The minimum absolute atomic E-state index is 0.231. The lowest BCUT2D eigenvalue weighted by atomic mass is 10.0. The van der Waals surface area contributed by atoms with Crippen LogP contribution >= 0.6 is 0 Å². The third-order valence-electron chi connectivity index (χ3n) is 4.92. The number of carbonyl (C=O) groups excluding carboxylic acids is 1. The van der Waals surface area contributed by atoms with Crippen LogP contribution in [0.2, 0.25) is 0 Å². The number of amides is 2. The van der Waals surface area contributed by atoms with E-state index in [9.17, 15) is 4.79 Å². The first-order valence-electron chi connectivity index (χ1n) is 9.85. The number of carbonyl (C=O) groups is 1. The first-order valence-corrected chi connectivity index (χ1v) is 9.85. The van der Waals surface area contributed by atoms with E-state index in [2.05, 4.69) is 0 Å². The van der Waals surface area contributed by atoms with Crippen molar-refractivity contribution in [2.24, 2.45) is 5.73 Å². The Labute approximate surface area is 138 Å². The van der Waals surface area contributed by atoms with Gasteiger partial charge in [-0.2, -0.15) is 0 Å². The predicted octanol–water partition coefficient (Wildman–Crippen LogP) is 5.62. The largest absolute Gasteiger partial charge is 0.351 e. The molecule has 22 heavy (non-hydrogen) atoms. The van der Waals surface area contributed by atoms with Gasteiger partial charge in [0, 0.05) is 13.1 Å². The number of nitrogens with two attached hydrogens (primary N) is 1. The molecule has 2 N–H and O–H groups in total. The standard InChI is InChI=1S/C19H38N2O/c20-19(22)21-17-15-13-11-9-7-5-3-1-2-4-6-8-10-12-14-16-18-21/h1-18H2,(H2,20,22). The van der Waals surface area contributed by atoms with Crippen LogP contribution in [0.25, 0.3) is 0 Å². The fourth-order valence-electron chi connectivity index (χ4n) is 3.41. The van der Waals surface area contributed by atoms with Gasteiger partial charge in [-0.25, -0.2) is 4.79 Å². The molecule has 1 aliphatic rings. The van der Waals surface area contributed by atoms with Crippen molar-refractivity contribution in [1.29, 1.82) is 0 Å². The van der Waals surface area contributed by atoms with E-state index in [0.29, 0.717) is 0 Å². The Kier molecular flexibility index (Phi) is 12.2. The number of nitrogens with zero attached hydrogens (tertiary/aromatic N) is 1. The minimum atomic E-state index is -0.231. The topological polar surface area (TPSA) is 46.3 Å². The van der Waals surface area contributed by atoms with Gasteiger partial charge in [0.15, 0.2) is 0 Å². The van der Waals surface area contributed by atoms with Crippen LogP contribution in [0.3, 0.4) is 0 Å². The summed E-state index contributed by atoms with van der Waals surface area (Å²) in [6.45, 7) is 1.71. The number of rotatable bonds is 0. The van der Waals surface area contributed by atoms with Gasteiger partial charge in [-0.3, -0.25) is 0 Å². The van der Waals surface area contributed by atoms with E-state index in [-0.39, 0.29) is 6.03 Å². The molecule has 1 rings (SSSR count). The van der Waals surface area contributed by atoms with Gasteiger partial charge in [0.25, 0.3) is 0 Å². The second-order valence-electron chi connectivity index (χ2n) is 6.98. The molecule has 0 bridgehead atoms. The maximum atomic E-state index is 11.5. The summed E-state index contributed by atoms with van der Waals surface area (Å²) in [5.41, 5.74) is 5.49. The van der Waals surface area contributed by atoms with E-state index < -0.39 is 0 Å². The van der Waals surface area contributed by atoms with Crippen LogP contribution in [-0.4, -0.2) is 24.0 Å². The Morgan fingerprint density at radius 2 is 0.727 bits per heavy atom. The third-order valence-corrected chi connectivity index (χ3v) is 4.92. The van der Waals surface area contributed by atoms with Crippen LogP contribution in [0.1, 0.15) is 103 Å². The van der Waals surface area contributed by atoms with Crippen molar-refractivity contribution in [2.45, 2.75) is 103 Å². The lowest BCUT2D eigenvalue weighted by Gasteiger charge is -2.20. The molecular formula is C19H38N2O. The lowest BCUT2D eigenvalue weighted by molar-refractivity contribution is 0.204. The van der Waals surface area contributed by atoms with Crippen molar-refractivity contribution in [3.8, 4) is 0 Å². The van der Waals surface area contributed by atoms with Crippen LogP contribution in [0.15, 0.2) is 0 Å². The summed E-state index contributed by atoms with van der Waals surface area (Å²) >= 11 is 0. The Balaban J connectivity index is 2.23. The molecular weight excluding hydrogens is 272 g/mol. The van der Waals surface area contributed by atoms with Crippen LogP contribution in [0.4, 0.5) is 4.79 Å². The van der Waals surface area contributed by atoms with Gasteiger partial charge in [0.1, 0.15) is 0 Å². The molecule has 0 atom stereocenters. The summed E-state index contributed by atoms with van der Waals surface area (Å²) in [4.78, 5) is 13.3. The fourth-order valence-corrected chi connectivity index (χ4v) is 3.41. The lowest BCUT2D eigenvalue weighted by Crippen LogP contribution is -2.37. The average molecular weight is 311 g/mol. The van der Waals surface area contributed by atoms with E-state index >= 15 is 0 Å². The molecule has 3 heteroatoms. The molecule has 0 saturated carbocycles. The summed E-state index contributed by atoms with van der Waals surface area (Å²) in [6.07, 6.45) is 21.4. The fraction of sp³-hybridized carbons (Fsp3) is 0.947. The summed E-state index contributed by atoms with van der Waals surface area (Å²) in [7, 11) is 0. The molecule has 0 unspecified atom stereocenters. The van der Waals surface area contributed by atoms with E-state index in [4.69, 9.17) is 5.73 Å². The highest BCUT2D eigenvalue weighted by Gasteiger charge is 2.08. The first-order chi connectivity index (χ1) is 10.8. The summed E-state index contributed by atoms with van der Waals surface area (Å²) in [5, 5.41) is 0. The van der Waals surface area contributed by atoms with Gasteiger partial charge in [0.2, 0.25) is 0 Å². The highest BCUT2D eigenvalue weighted by Crippen LogP contribution is 2.14. The van der Waals surface area contributed by atoms with Crippen molar-refractivity contribution in [3.63, 3.8) is 0 Å². The van der Waals surface area contributed by atoms with E-state index in [0.717, 1.165) is 25.9 Å².